The third-order valence-corrected chi connectivity index (χ3v) is 4.41. The number of thioether (sulfide) groups is 1. The maximum atomic E-state index is 6.15. The maximum absolute atomic E-state index is 6.15. The smallest absolute Gasteiger partial charge is 0.209 e. The number of aromatic nitrogens is 3. The molecule has 0 saturated carbocycles. The van der Waals surface area contributed by atoms with Crippen LogP contribution in [0, 0.1) is 0 Å². The van der Waals surface area contributed by atoms with Crippen LogP contribution in [0.5, 0.6) is 5.75 Å². The monoisotopic (exact) mass is 331 g/mol. The molecule has 3 rings (SSSR count). The number of rotatable bonds is 5. The first-order valence-electron chi connectivity index (χ1n) is 6.70. The van der Waals surface area contributed by atoms with Gasteiger partial charge in [0, 0.05) is 10.8 Å². The Labute approximate surface area is 137 Å². The summed E-state index contributed by atoms with van der Waals surface area (Å²) in [5.74, 6) is 2.18. The molecule has 1 heterocycles. The lowest BCUT2D eigenvalue weighted by Crippen LogP contribution is -1.88. The third-order valence-electron chi connectivity index (χ3n) is 3.14. The molecule has 0 atom stereocenters. The Hall–Kier alpha value is -1.98. The van der Waals surface area contributed by atoms with Gasteiger partial charge in [-0.2, -0.15) is 0 Å². The van der Waals surface area contributed by atoms with Gasteiger partial charge in [0.2, 0.25) is 5.16 Å². The summed E-state index contributed by atoms with van der Waals surface area (Å²) in [5.41, 5.74) is 1.96. The summed E-state index contributed by atoms with van der Waals surface area (Å²) in [4.78, 5) is 4.51. The van der Waals surface area contributed by atoms with Crippen LogP contribution in [0.4, 0.5) is 0 Å². The van der Waals surface area contributed by atoms with Crippen molar-refractivity contribution in [2.75, 3.05) is 7.11 Å². The van der Waals surface area contributed by atoms with Gasteiger partial charge < -0.3 is 4.74 Å². The van der Waals surface area contributed by atoms with Crippen molar-refractivity contribution in [3.05, 3.63) is 59.1 Å². The molecule has 0 saturated heterocycles. The highest BCUT2D eigenvalue weighted by molar-refractivity contribution is 7.98. The molecule has 2 aromatic carbocycles. The van der Waals surface area contributed by atoms with E-state index in [0.717, 1.165) is 27.7 Å². The highest BCUT2D eigenvalue weighted by atomic mass is 35.5. The summed E-state index contributed by atoms with van der Waals surface area (Å²) in [6, 6.07) is 15.5. The molecule has 22 heavy (non-hydrogen) atoms. The first-order chi connectivity index (χ1) is 10.8. The van der Waals surface area contributed by atoms with Gasteiger partial charge in [0.05, 0.1) is 12.7 Å². The highest BCUT2D eigenvalue weighted by Gasteiger charge is 2.11. The average molecular weight is 332 g/mol. The van der Waals surface area contributed by atoms with E-state index in [4.69, 9.17) is 16.3 Å². The average Bonchev–Trinajstić information content (AvgIpc) is 3.03. The molecule has 112 valence electrons. The Morgan fingerprint density at radius 3 is 2.73 bits per heavy atom. The lowest BCUT2D eigenvalue weighted by Gasteiger charge is -2.04. The van der Waals surface area contributed by atoms with E-state index < -0.39 is 0 Å². The maximum Gasteiger partial charge on any atom is 0.209 e. The Balaban J connectivity index is 1.75. The number of methoxy groups -OCH3 is 1. The number of ether oxygens (including phenoxy) is 1. The standard InChI is InChI=1S/C16H14ClN3OS/c1-21-14-9-5-3-7-12(14)15-18-16(20-19-15)22-10-11-6-2-4-8-13(11)17/h2-9H,10H2,1H3,(H,18,19,20). The van der Waals surface area contributed by atoms with E-state index in [0.29, 0.717) is 11.0 Å². The summed E-state index contributed by atoms with van der Waals surface area (Å²) in [6.45, 7) is 0. The van der Waals surface area contributed by atoms with Crippen LogP contribution in [-0.4, -0.2) is 22.3 Å². The second kappa shape index (κ2) is 6.85. The molecule has 1 N–H and O–H groups in total. The number of nitrogens with one attached hydrogen (secondary N) is 1. The molecule has 0 aliphatic heterocycles. The number of halogens is 1. The summed E-state index contributed by atoms with van der Waals surface area (Å²) in [6.07, 6.45) is 0. The van der Waals surface area contributed by atoms with Crippen molar-refractivity contribution in [1.29, 1.82) is 0 Å². The van der Waals surface area contributed by atoms with Crippen LogP contribution in [0.25, 0.3) is 11.4 Å². The minimum Gasteiger partial charge on any atom is -0.496 e. The Kier molecular flexibility index (Phi) is 4.65. The highest BCUT2D eigenvalue weighted by Crippen LogP contribution is 2.29. The fraction of sp³-hybridized carbons (Fsp3) is 0.125. The molecule has 0 amide bonds. The van der Waals surface area contributed by atoms with Gasteiger partial charge in [-0.05, 0) is 23.8 Å². The van der Waals surface area contributed by atoms with Crippen molar-refractivity contribution in [2.45, 2.75) is 10.9 Å². The van der Waals surface area contributed by atoms with Crippen molar-refractivity contribution in [1.82, 2.24) is 15.2 Å². The first kappa shape index (κ1) is 14.9. The minimum atomic E-state index is 0.681. The van der Waals surface area contributed by atoms with Gasteiger partial charge in [-0.3, -0.25) is 5.10 Å². The SMILES string of the molecule is COc1ccccc1-c1nc(SCc2ccccc2Cl)n[nH]1. The molecular weight excluding hydrogens is 318 g/mol. The molecule has 0 fully saturated rings. The normalized spacial score (nSPS) is 10.6. The lowest BCUT2D eigenvalue weighted by molar-refractivity contribution is 0.416. The zero-order chi connectivity index (χ0) is 15.4. The molecule has 0 unspecified atom stereocenters. The number of benzene rings is 2. The second-order valence-corrected chi connectivity index (χ2v) is 5.90. The Morgan fingerprint density at radius 2 is 1.91 bits per heavy atom. The van der Waals surface area contributed by atoms with E-state index in [-0.39, 0.29) is 0 Å². The molecule has 1 aromatic heterocycles. The number of aromatic amines is 1. The summed E-state index contributed by atoms with van der Waals surface area (Å²) < 4.78 is 5.34. The van der Waals surface area contributed by atoms with Crippen molar-refractivity contribution in [3.8, 4) is 17.1 Å². The van der Waals surface area contributed by atoms with E-state index in [1.165, 1.54) is 11.8 Å². The van der Waals surface area contributed by atoms with E-state index in [9.17, 15) is 0 Å². The fourth-order valence-electron chi connectivity index (χ4n) is 2.03. The minimum absolute atomic E-state index is 0.681. The molecule has 0 aliphatic carbocycles. The van der Waals surface area contributed by atoms with E-state index in [1.807, 2.05) is 48.5 Å². The van der Waals surface area contributed by atoms with E-state index in [1.54, 1.807) is 7.11 Å². The first-order valence-corrected chi connectivity index (χ1v) is 8.06. The largest absolute Gasteiger partial charge is 0.496 e. The van der Waals surface area contributed by atoms with Crippen LogP contribution in [0.2, 0.25) is 5.02 Å². The number of para-hydroxylation sites is 1. The van der Waals surface area contributed by atoms with Crippen LogP contribution in [0.15, 0.2) is 53.7 Å². The predicted molar refractivity (Wildman–Crippen MR) is 89.4 cm³/mol. The van der Waals surface area contributed by atoms with Crippen LogP contribution in [0.3, 0.4) is 0 Å². The predicted octanol–water partition coefficient (Wildman–Crippen LogP) is 4.43. The van der Waals surface area contributed by atoms with Gasteiger partial charge in [0.1, 0.15) is 5.75 Å². The van der Waals surface area contributed by atoms with Gasteiger partial charge in [-0.15, -0.1) is 5.10 Å². The van der Waals surface area contributed by atoms with Crippen LogP contribution in [-0.2, 0) is 5.75 Å². The number of hydrogen-bond donors (Lipinski definition) is 1. The lowest BCUT2D eigenvalue weighted by atomic mass is 10.2. The van der Waals surface area contributed by atoms with Crippen molar-refractivity contribution >= 4 is 23.4 Å². The molecule has 0 spiro atoms. The molecule has 0 radical (unpaired) electrons. The van der Waals surface area contributed by atoms with Crippen molar-refractivity contribution in [3.63, 3.8) is 0 Å². The molecular formula is C16H14ClN3OS. The van der Waals surface area contributed by atoms with Crippen LogP contribution >= 0.6 is 23.4 Å². The van der Waals surface area contributed by atoms with Crippen LogP contribution in [0.1, 0.15) is 5.56 Å². The molecule has 0 aliphatic rings. The Bertz CT molecular complexity index is 775. The van der Waals surface area contributed by atoms with E-state index >= 15 is 0 Å². The quantitative estimate of drug-likeness (QED) is 0.703. The second-order valence-electron chi connectivity index (χ2n) is 4.55. The summed E-state index contributed by atoms with van der Waals surface area (Å²) >= 11 is 7.69. The van der Waals surface area contributed by atoms with Crippen molar-refractivity contribution < 1.29 is 4.74 Å². The number of nitrogens with zero attached hydrogens (tertiary/aromatic N) is 2. The summed E-state index contributed by atoms with van der Waals surface area (Å²) in [7, 11) is 1.64. The number of H-pyrrole nitrogens is 1. The van der Waals surface area contributed by atoms with Gasteiger partial charge >= 0.3 is 0 Å². The fourth-order valence-corrected chi connectivity index (χ4v) is 3.11. The zero-order valence-electron chi connectivity index (χ0n) is 11.9. The van der Waals surface area contributed by atoms with Gasteiger partial charge in [-0.1, -0.05) is 53.7 Å². The molecule has 3 aromatic rings. The van der Waals surface area contributed by atoms with Crippen molar-refractivity contribution in [2.24, 2.45) is 0 Å². The topological polar surface area (TPSA) is 50.8 Å². The molecule has 6 heteroatoms. The van der Waals surface area contributed by atoms with Gasteiger partial charge in [-0.25, -0.2) is 4.98 Å². The molecule has 4 nitrogen and oxygen atoms in total. The Morgan fingerprint density at radius 1 is 1.14 bits per heavy atom. The number of hydrogen-bond acceptors (Lipinski definition) is 4. The zero-order valence-corrected chi connectivity index (χ0v) is 13.5. The third kappa shape index (κ3) is 3.26. The molecule has 0 bridgehead atoms. The van der Waals surface area contributed by atoms with Gasteiger partial charge in [0.15, 0.2) is 5.82 Å². The van der Waals surface area contributed by atoms with Crippen LogP contribution < -0.4 is 4.74 Å². The van der Waals surface area contributed by atoms with E-state index in [2.05, 4.69) is 15.2 Å². The van der Waals surface area contributed by atoms with Gasteiger partial charge in [0.25, 0.3) is 0 Å². The summed E-state index contributed by atoms with van der Waals surface area (Å²) in [5, 5.41) is 8.63.